The van der Waals surface area contributed by atoms with Crippen LogP contribution >= 0.6 is 11.6 Å². The molecule has 0 spiro atoms. The molecule has 0 atom stereocenters. The van der Waals surface area contributed by atoms with E-state index in [-0.39, 0.29) is 11.1 Å². The van der Waals surface area contributed by atoms with Crippen LogP contribution in [0.2, 0.25) is 5.02 Å². The summed E-state index contributed by atoms with van der Waals surface area (Å²) in [7, 11) is 0. The van der Waals surface area contributed by atoms with Gasteiger partial charge >= 0.3 is 0 Å². The van der Waals surface area contributed by atoms with E-state index in [4.69, 9.17) is 22.1 Å². The highest BCUT2D eigenvalue weighted by Gasteiger charge is 2.27. The van der Waals surface area contributed by atoms with Gasteiger partial charge in [-0.05, 0) is 12.1 Å². The zero-order chi connectivity index (χ0) is 11.7. The van der Waals surface area contributed by atoms with Gasteiger partial charge in [-0.3, -0.25) is 4.79 Å². The molecule has 0 bridgehead atoms. The zero-order valence-electron chi connectivity index (χ0n) is 7.91. The Bertz CT molecular complexity index is 589. The molecule has 1 aromatic rings. The van der Waals surface area contributed by atoms with E-state index in [1.165, 1.54) is 0 Å². The maximum atomic E-state index is 11.6. The quantitative estimate of drug-likeness (QED) is 0.547. The van der Waals surface area contributed by atoms with Crippen LogP contribution in [0.25, 0.3) is 5.57 Å². The van der Waals surface area contributed by atoms with Gasteiger partial charge in [0.25, 0.3) is 5.91 Å². The lowest BCUT2D eigenvalue weighted by Crippen LogP contribution is -2.05. The number of allylic oxidation sites excluding steroid dienone is 1. The minimum atomic E-state index is -0.449. The third kappa shape index (κ3) is 1.42. The van der Waals surface area contributed by atoms with Crippen molar-refractivity contribution in [2.24, 2.45) is 0 Å². The molecule has 1 amide bonds. The van der Waals surface area contributed by atoms with Gasteiger partial charge in [-0.2, -0.15) is 10.5 Å². The fourth-order valence-corrected chi connectivity index (χ4v) is 1.70. The van der Waals surface area contributed by atoms with E-state index in [2.05, 4.69) is 5.32 Å². The Morgan fingerprint density at radius 2 is 2.00 bits per heavy atom. The molecule has 0 aliphatic carbocycles. The Morgan fingerprint density at radius 1 is 1.31 bits per heavy atom. The lowest BCUT2D eigenvalue weighted by Gasteiger charge is -1.97. The molecule has 1 N–H and O–H groups in total. The molecule has 0 radical (unpaired) electrons. The average molecular weight is 230 g/mol. The van der Waals surface area contributed by atoms with Crippen molar-refractivity contribution >= 4 is 28.8 Å². The van der Waals surface area contributed by atoms with Gasteiger partial charge in [0.05, 0.1) is 11.3 Å². The predicted octanol–water partition coefficient (Wildman–Crippen LogP) is 2.09. The molecule has 1 aliphatic rings. The number of benzene rings is 1. The van der Waals surface area contributed by atoms with Crippen molar-refractivity contribution < 1.29 is 4.79 Å². The van der Waals surface area contributed by atoms with E-state index in [0.717, 1.165) is 0 Å². The standard InChI is InChI=1S/C11H4ClN3O/c12-7-1-2-8-9(3-7)15-11(16)10(8)6(4-13)5-14/h1-3H,(H,15,16). The summed E-state index contributed by atoms with van der Waals surface area (Å²) in [6.07, 6.45) is 0. The predicted molar refractivity (Wildman–Crippen MR) is 58.2 cm³/mol. The summed E-state index contributed by atoms with van der Waals surface area (Å²) in [5, 5.41) is 20.5. The second-order valence-corrected chi connectivity index (χ2v) is 3.55. The number of anilines is 1. The Kier molecular flexibility index (Phi) is 2.36. The van der Waals surface area contributed by atoms with Crippen molar-refractivity contribution in [2.75, 3.05) is 5.32 Å². The van der Waals surface area contributed by atoms with Crippen molar-refractivity contribution in [3.8, 4) is 12.1 Å². The number of rotatable bonds is 0. The smallest absolute Gasteiger partial charge is 0.258 e. The summed E-state index contributed by atoms with van der Waals surface area (Å²) < 4.78 is 0. The molecule has 2 rings (SSSR count). The Labute approximate surface area is 96.4 Å². The summed E-state index contributed by atoms with van der Waals surface area (Å²) in [4.78, 5) is 11.6. The average Bonchev–Trinajstić information content (AvgIpc) is 2.57. The molecule has 1 heterocycles. The van der Waals surface area contributed by atoms with E-state index < -0.39 is 5.91 Å². The molecule has 0 aromatic heterocycles. The first-order valence-electron chi connectivity index (χ1n) is 4.33. The minimum Gasteiger partial charge on any atom is -0.321 e. The van der Waals surface area contributed by atoms with Gasteiger partial charge in [0.1, 0.15) is 17.7 Å². The molecule has 0 saturated heterocycles. The number of hydrogen-bond acceptors (Lipinski definition) is 3. The highest BCUT2D eigenvalue weighted by Crippen LogP contribution is 2.35. The van der Waals surface area contributed by atoms with Crippen molar-refractivity contribution in [1.29, 1.82) is 10.5 Å². The minimum absolute atomic E-state index is 0.108. The van der Waals surface area contributed by atoms with Crippen molar-refractivity contribution in [2.45, 2.75) is 0 Å². The number of hydrogen-bond donors (Lipinski definition) is 1. The second-order valence-electron chi connectivity index (χ2n) is 3.12. The summed E-state index contributed by atoms with van der Waals surface area (Å²) in [5.41, 5.74) is 0.971. The lowest BCUT2D eigenvalue weighted by atomic mass is 10.0. The molecule has 0 saturated carbocycles. The fraction of sp³-hybridized carbons (Fsp3) is 0. The number of fused-ring (bicyclic) bond motifs is 1. The lowest BCUT2D eigenvalue weighted by molar-refractivity contribution is -0.110. The van der Waals surface area contributed by atoms with Gasteiger partial charge in [-0.1, -0.05) is 17.7 Å². The number of carbonyl (C=O) groups is 1. The first-order valence-corrected chi connectivity index (χ1v) is 4.71. The Morgan fingerprint density at radius 3 is 2.62 bits per heavy atom. The first kappa shape index (κ1) is 10.2. The fourth-order valence-electron chi connectivity index (χ4n) is 1.53. The Hall–Kier alpha value is -2.30. The van der Waals surface area contributed by atoms with Crippen molar-refractivity contribution in [3.63, 3.8) is 0 Å². The molecule has 0 fully saturated rings. The SMILES string of the molecule is N#CC(C#N)=C1C(=O)Nc2cc(Cl)ccc21. The van der Waals surface area contributed by atoms with Crippen LogP contribution in [0, 0.1) is 22.7 Å². The van der Waals surface area contributed by atoms with Gasteiger partial charge < -0.3 is 5.32 Å². The van der Waals surface area contributed by atoms with Crippen LogP contribution in [0.4, 0.5) is 5.69 Å². The maximum absolute atomic E-state index is 11.6. The van der Waals surface area contributed by atoms with E-state index in [9.17, 15) is 4.79 Å². The molecule has 16 heavy (non-hydrogen) atoms. The highest BCUT2D eigenvalue weighted by atomic mass is 35.5. The Balaban J connectivity index is 2.72. The molecule has 0 unspecified atom stereocenters. The monoisotopic (exact) mass is 229 g/mol. The number of nitrogens with one attached hydrogen (secondary N) is 1. The van der Waals surface area contributed by atoms with Crippen LogP contribution in [-0.2, 0) is 4.79 Å². The summed E-state index contributed by atoms with van der Waals surface area (Å²) in [6, 6.07) is 8.20. The van der Waals surface area contributed by atoms with E-state index in [1.807, 2.05) is 0 Å². The van der Waals surface area contributed by atoms with E-state index in [0.29, 0.717) is 16.3 Å². The van der Waals surface area contributed by atoms with Crippen LogP contribution in [0.1, 0.15) is 5.56 Å². The number of amides is 1. The van der Waals surface area contributed by atoms with Crippen LogP contribution in [0.3, 0.4) is 0 Å². The first-order chi connectivity index (χ1) is 7.67. The number of nitrogens with zero attached hydrogens (tertiary/aromatic N) is 2. The topological polar surface area (TPSA) is 76.7 Å². The third-order valence-electron chi connectivity index (χ3n) is 2.20. The van der Waals surface area contributed by atoms with E-state index >= 15 is 0 Å². The highest BCUT2D eigenvalue weighted by molar-refractivity contribution is 6.35. The van der Waals surface area contributed by atoms with Crippen LogP contribution < -0.4 is 5.32 Å². The molecule has 76 valence electrons. The van der Waals surface area contributed by atoms with Gasteiger partial charge in [-0.25, -0.2) is 0 Å². The van der Waals surface area contributed by atoms with Crippen molar-refractivity contribution in [1.82, 2.24) is 0 Å². The summed E-state index contributed by atoms with van der Waals surface area (Å²) in [6.45, 7) is 0. The second kappa shape index (κ2) is 3.69. The maximum Gasteiger partial charge on any atom is 0.258 e. The molecular formula is C11H4ClN3O. The molecule has 1 aromatic carbocycles. The third-order valence-corrected chi connectivity index (χ3v) is 2.43. The van der Waals surface area contributed by atoms with Crippen molar-refractivity contribution in [3.05, 3.63) is 34.4 Å². The number of nitriles is 2. The van der Waals surface area contributed by atoms with E-state index in [1.54, 1.807) is 30.3 Å². The summed E-state index contributed by atoms with van der Waals surface area (Å²) in [5.74, 6) is -0.449. The van der Waals surface area contributed by atoms with Crippen LogP contribution in [0.5, 0.6) is 0 Å². The largest absolute Gasteiger partial charge is 0.321 e. The molecule has 5 heteroatoms. The van der Waals surface area contributed by atoms with Gasteiger partial charge in [0, 0.05) is 10.6 Å². The molecule has 1 aliphatic heterocycles. The van der Waals surface area contributed by atoms with Crippen LogP contribution in [-0.4, -0.2) is 5.91 Å². The normalized spacial score (nSPS) is 12.4. The molecular weight excluding hydrogens is 226 g/mol. The summed E-state index contributed by atoms with van der Waals surface area (Å²) >= 11 is 5.77. The number of carbonyl (C=O) groups excluding carboxylic acids is 1. The number of halogens is 1. The van der Waals surface area contributed by atoms with Gasteiger partial charge in [0.15, 0.2) is 0 Å². The van der Waals surface area contributed by atoms with Crippen LogP contribution in [0.15, 0.2) is 23.8 Å². The van der Waals surface area contributed by atoms with Gasteiger partial charge in [0.2, 0.25) is 0 Å². The molecule has 4 nitrogen and oxygen atoms in total. The zero-order valence-corrected chi connectivity index (χ0v) is 8.67. The van der Waals surface area contributed by atoms with Gasteiger partial charge in [-0.15, -0.1) is 0 Å².